The first-order valence-corrected chi connectivity index (χ1v) is 5.11. The lowest BCUT2D eigenvalue weighted by Gasteiger charge is -2.34. The van der Waals surface area contributed by atoms with Gasteiger partial charge in [0.1, 0.15) is 0 Å². The molecule has 15 heavy (non-hydrogen) atoms. The lowest BCUT2D eigenvalue weighted by atomic mass is 10.1. The molecule has 0 radical (unpaired) electrons. The third kappa shape index (κ3) is 1.75. The summed E-state index contributed by atoms with van der Waals surface area (Å²) in [5.41, 5.74) is 7.29. The number of nitrogens with one attached hydrogen (secondary N) is 1. The number of carbonyl (C=O) groups excluding carboxylic acids is 1. The minimum atomic E-state index is -0.0633. The minimum Gasteiger partial charge on any atom is -0.397 e. The Labute approximate surface area is 89.1 Å². The number of carbonyl (C=O) groups is 1. The highest BCUT2D eigenvalue weighted by atomic mass is 16.2. The first kappa shape index (κ1) is 9.83. The van der Waals surface area contributed by atoms with Gasteiger partial charge in [0.05, 0.1) is 11.4 Å². The van der Waals surface area contributed by atoms with Crippen LogP contribution in [0.25, 0.3) is 0 Å². The van der Waals surface area contributed by atoms with E-state index >= 15 is 0 Å². The molecule has 4 nitrogen and oxygen atoms in total. The number of urea groups is 1. The van der Waals surface area contributed by atoms with Crippen LogP contribution >= 0.6 is 0 Å². The van der Waals surface area contributed by atoms with Crippen molar-refractivity contribution in [1.82, 2.24) is 5.32 Å². The van der Waals surface area contributed by atoms with Crippen LogP contribution in [0.4, 0.5) is 16.2 Å². The summed E-state index contributed by atoms with van der Waals surface area (Å²) in [5.74, 6) is 0. The van der Waals surface area contributed by atoms with E-state index in [1.807, 2.05) is 31.2 Å². The molecule has 1 heterocycles. The van der Waals surface area contributed by atoms with Crippen LogP contribution in [-0.4, -0.2) is 18.6 Å². The fraction of sp³-hybridized carbons (Fsp3) is 0.364. The molecule has 1 unspecified atom stereocenters. The number of nitrogens with two attached hydrogens (primary N) is 1. The SMILES string of the molecule is CC1CCNC(=O)N1c1ccccc1N. The number of nitrogens with zero attached hydrogens (tertiary/aromatic N) is 1. The Balaban J connectivity index is 2.36. The number of anilines is 2. The van der Waals surface area contributed by atoms with Gasteiger partial charge in [-0.05, 0) is 25.5 Å². The largest absolute Gasteiger partial charge is 0.397 e. The maximum atomic E-state index is 11.7. The molecule has 2 amide bonds. The van der Waals surface area contributed by atoms with E-state index in [0.717, 1.165) is 18.7 Å². The van der Waals surface area contributed by atoms with Gasteiger partial charge in [0.25, 0.3) is 0 Å². The summed E-state index contributed by atoms with van der Waals surface area (Å²) < 4.78 is 0. The lowest BCUT2D eigenvalue weighted by molar-refractivity contribution is 0.239. The zero-order valence-corrected chi connectivity index (χ0v) is 8.73. The molecular weight excluding hydrogens is 190 g/mol. The molecule has 1 aliphatic heterocycles. The average Bonchev–Trinajstić information content (AvgIpc) is 2.20. The van der Waals surface area contributed by atoms with Crippen LogP contribution < -0.4 is 16.0 Å². The number of nitrogen functional groups attached to an aromatic ring is 1. The molecule has 4 heteroatoms. The highest BCUT2D eigenvalue weighted by molar-refractivity contribution is 5.96. The normalized spacial score (nSPS) is 21.3. The molecule has 1 aliphatic rings. The number of amides is 2. The molecule has 0 bridgehead atoms. The molecule has 80 valence electrons. The molecule has 0 spiro atoms. The van der Waals surface area contributed by atoms with Crippen LogP contribution in [0.15, 0.2) is 24.3 Å². The van der Waals surface area contributed by atoms with Crippen molar-refractivity contribution in [2.45, 2.75) is 19.4 Å². The van der Waals surface area contributed by atoms with E-state index in [1.54, 1.807) is 4.90 Å². The lowest BCUT2D eigenvalue weighted by Crippen LogP contribution is -2.51. The highest BCUT2D eigenvalue weighted by Crippen LogP contribution is 2.26. The summed E-state index contributed by atoms with van der Waals surface area (Å²) in [7, 11) is 0. The summed E-state index contributed by atoms with van der Waals surface area (Å²) in [5, 5.41) is 2.82. The van der Waals surface area contributed by atoms with Crippen molar-refractivity contribution in [3.63, 3.8) is 0 Å². The van der Waals surface area contributed by atoms with Crippen LogP contribution in [-0.2, 0) is 0 Å². The van der Waals surface area contributed by atoms with Crippen molar-refractivity contribution in [3.05, 3.63) is 24.3 Å². The van der Waals surface area contributed by atoms with E-state index in [2.05, 4.69) is 5.32 Å². The quantitative estimate of drug-likeness (QED) is 0.684. The van der Waals surface area contributed by atoms with E-state index in [1.165, 1.54) is 0 Å². The molecule has 1 atom stereocenters. The van der Waals surface area contributed by atoms with E-state index in [4.69, 9.17) is 5.73 Å². The van der Waals surface area contributed by atoms with Gasteiger partial charge >= 0.3 is 6.03 Å². The number of benzene rings is 1. The fourth-order valence-electron chi connectivity index (χ4n) is 1.86. The molecule has 1 fully saturated rings. The van der Waals surface area contributed by atoms with Crippen molar-refractivity contribution in [3.8, 4) is 0 Å². The molecule has 1 aromatic carbocycles. The van der Waals surface area contributed by atoms with Gasteiger partial charge in [0.15, 0.2) is 0 Å². The first-order chi connectivity index (χ1) is 7.20. The number of para-hydroxylation sites is 2. The summed E-state index contributed by atoms with van der Waals surface area (Å²) in [6.45, 7) is 2.77. The van der Waals surface area contributed by atoms with Crippen molar-refractivity contribution < 1.29 is 4.79 Å². The Morgan fingerprint density at radius 2 is 2.20 bits per heavy atom. The van der Waals surface area contributed by atoms with Crippen LogP contribution in [0.3, 0.4) is 0 Å². The second-order valence-electron chi connectivity index (χ2n) is 3.80. The van der Waals surface area contributed by atoms with Crippen molar-refractivity contribution in [2.75, 3.05) is 17.2 Å². The monoisotopic (exact) mass is 205 g/mol. The zero-order chi connectivity index (χ0) is 10.8. The van der Waals surface area contributed by atoms with Crippen LogP contribution in [0.2, 0.25) is 0 Å². The van der Waals surface area contributed by atoms with Gasteiger partial charge in [0.2, 0.25) is 0 Å². The molecule has 0 aromatic heterocycles. The van der Waals surface area contributed by atoms with E-state index in [9.17, 15) is 4.79 Å². The molecule has 0 saturated carbocycles. The summed E-state index contributed by atoms with van der Waals surface area (Å²) in [6, 6.07) is 7.57. The average molecular weight is 205 g/mol. The van der Waals surface area contributed by atoms with E-state index in [0.29, 0.717) is 5.69 Å². The van der Waals surface area contributed by atoms with Gasteiger partial charge < -0.3 is 11.1 Å². The van der Waals surface area contributed by atoms with Crippen molar-refractivity contribution >= 4 is 17.4 Å². The highest BCUT2D eigenvalue weighted by Gasteiger charge is 2.26. The van der Waals surface area contributed by atoms with Crippen LogP contribution in [0.5, 0.6) is 0 Å². The molecule has 1 saturated heterocycles. The standard InChI is InChI=1S/C11H15N3O/c1-8-6-7-13-11(15)14(8)10-5-3-2-4-9(10)12/h2-5,8H,6-7,12H2,1H3,(H,13,15). The number of hydrogen-bond acceptors (Lipinski definition) is 2. The van der Waals surface area contributed by atoms with Gasteiger partial charge in [0, 0.05) is 12.6 Å². The third-order valence-corrected chi connectivity index (χ3v) is 2.69. The predicted molar refractivity (Wildman–Crippen MR) is 60.8 cm³/mol. The number of rotatable bonds is 1. The molecule has 1 aromatic rings. The Bertz CT molecular complexity index is 378. The van der Waals surface area contributed by atoms with E-state index in [-0.39, 0.29) is 12.1 Å². The smallest absolute Gasteiger partial charge is 0.322 e. The molecule has 3 N–H and O–H groups in total. The van der Waals surface area contributed by atoms with Crippen molar-refractivity contribution in [1.29, 1.82) is 0 Å². The Morgan fingerprint density at radius 1 is 1.47 bits per heavy atom. The van der Waals surface area contributed by atoms with Gasteiger partial charge in [-0.15, -0.1) is 0 Å². The topological polar surface area (TPSA) is 58.4 Å². The fourth-order valence-corrected chi connectivity index (χ4v) is 1.86. The molecular formula is C11H15N3O. The van der Waals surface area contributed by atoms with Gasteiger partial charge in [-0.25, -0.2) is 4.79 Å². The van der Waals surface area contributed by atoms with Crippen LogP contribution in [0.1, 0.15) is 13.3 Å². The molecule has 0 aliphatic carbocycles. The van der Waals surface area contributed by atoms with E-state index < -0.39 is 0 Å². The van der Waals surface area contributed by atoms with Gasteiger partial charge in [-0.2, -0.15) is 0 Å². The second-order valence-corrected chi connectivity index (χ2v) is 3.80. The Morgan fingerprint density at radius 3 is 2.87 bits per heavy atom. The Kier molecular flexibility index (Phi) is 2.49. The first-order valence-electron chi connectivity index (χ1n) is 5.11. The maximum absolute atomic E-state index is 11.7. The van der Waals surface area contributed by atoms with Gasteiger partial charge in [-0.3, -0.25) is 4.90 Å². The zero-order valence-electron chi connectivity index (χ0n) is 8.73. The van der Waals surface area contributed by atoms with Gasteiger partial charge in [-0.1, -0.05) is 12.1 Å². The number of hydrogen-bond donors (Lipinski definition) is 2. The van der Waals surface area contributed by atoms with Crippen LogP contribution in [0, 0.1) is 0 Å². The Hall–Kier alpha value is -1.71. The maximum Gasteiger partial charge on any atom is 0.322 e. The minimum absolute atomic E-state index is 0.0633. The van der Waals surface area contributed by atoms with Crippen molar-refractivity contribution in [2.24, 2.45) is 0 Å². The predicted octanol–water partition coefficient (Wildman–Crippen LogP) is 1.58. The summed E-state index contributed by atoms with van der Waals surface area (Å²) in [4.78, 5) is 13.4. The second kappa shape index (κ2) is 3.81. The third-order valence-electron chi connectivity index (χ3n) is 2.69. The summed E-state index contributed by atoms with van der Waals surface area (Å²) in [6.07, 6.45) is 0.945. The summed E-state index contributed by atoms with van der Waals surface area (Å²) >= 11 is 0. The molecule has 2 rings (SSSR count).